The van der Waals surface area contributed by atoms with Crippen molar-refractivity contribution < 1.29 is 14.3 Å². The van der Waals surface area contributed by atoms with E-state index < -0.39 is 0 Å². The van der Waals surface area contributed by atoms with Crippen LogP contribution in [-0.4, -0.2) is 18.4 Å². The number of hydrogen-bond donors (Lipinski definition) is 2. The van der Waals surface area contributed by atoms with Gasteiger partial charge in [0.2, 0.25) is 5.91 Å². The number of carbonyl (C=O) groups is 2. The molecule has 5 heteroatoms. The van der Waals surface area contributed by atoms with Crippen molar-refractivity contribution in [3.05, 3.63) is 59.7 Å². The van der Waals surface area contributed by atoms with Gasteiger partial charge in [0, 0.05) is 18.0 Å². The van der Waals surface area contributed by atoms with E-state index in [9.17, 15) is 9.59 Å². The third-order valence-corrected chi connectivity index (χ3v) is 5.26. The van der Waals surface area contributed by atoms with Crippen LogP contribution >= 0.6 is 0 Å². The molecule has 0 atom stereocenters. The highest BCUT2D eigenvalue weighted by molar-refractivity contribution is 6.05. The van der Waals surface area contributed by atoms with E-state index in [4.69, 9.17) is 4.74 Å². The molecule has 0 aromatic heterocycles. The zero-order valence-corrected chi connectivity index (χ0v) is 17.1. The first kappa shape index (κ1) is 20.9. The van der Waals surface area contributed by atoms with Crippen molar-refractivity contribution >= 4 is 17.5 Å². The van der Waals surface area contributed by atoms with Crippen LogP contribution in [0, 0.1) is 5.92 Å². The highest BCUT2D eigenvalue weighted by atomic mass is 16.5. The molecule has 0 unspecified atom stereocenters. The van der Waals surface area contributed by atoms with Gasteiger partial charge in [-0.2, -0.15) is 0 Å². The van der Waals surface area contributed by atoms with E-state index in [1.54, 1.807) is 12.1 Å². The topological polar surface area (TPSA) is 67.4 Å². The summed E-state index contributed by atoms with van der Waals surface area (Å²) in [6.07, 6.45) is 6.43. The van der Waals surface area contributed by atoms with E-state index in [1.807, 2.05) is 43.3 Å². The van der Waals surface area contributed by atoms with E-state index in [2.05, 4.69) is 10.6 Å². The number of amides is 2. The van der Waals surface area contributed by atoms with Gasteiger partial charge in [0.05, 0.1) is 12.3 Å². The second kappa shape index (κ2) is 10.6. The monoisotopic (exact) mass is 394 g/mol. The van der Waals surface area contributed by atoms with Gasteiger partial charge < -0.3 is 15.4 Å². The number of benzene rings is 2. The maximum Gasteiger partial charge on any atom is 0.255 e. The molecule has 1 aliphatic rings. The van der Waals surface area contributed by atoms with Gasteiger partial charge in [0.15, 0.2) is 0 Å². The molecule has 154 valence electrons. The minimum atomic E-state index is -0.185. The van der Waals surface area contributed by atoms with Crippen molar-refractivity contribution in [1.29, 1.82) is 0 Å². The Bertz CT molecular complexity index is 811. The van der Waals surface area contributed by atoms with Crippen LogP contribution in [0.2, 0.25) is 0 Å². The largest absolute Gasteiger partial charge is 0.491 e. The fourth-order valence-electron chi connectivity index (χ4n) is 3.57. The lowest BCUT2D eigenvalue weighted by atomic mass is 9.88. The molecule has 1 saturated carbocycles. The average molecular weight is 395 g/mol. The Morgan fingerprint density at radius 3 is 2.45 bits per heavy atom. The Kier molecular flexibility index (Phi) is 7.68. The first-order valence-electron chi connectivity index (χ1n) is 10.6. The number of para-hydroxylation sites is 2. The van der Waals surface area contributed by atoms with Crippen molar-refractivity contribution in [2.45, 2.75) is 52.0 Å². The summed E-state index contributed by atoms with van der Waals surface area (Å²) in [5, 5.41) is 5.94. The third kappa shape index (κ3) is 6.08. The summed E-state index contributed by atoms with van der Waals surface area (Å²) in [6, 6.07) is 14.8. The van der Waals surface area contributed by atoms with Gasteiger partial charge in [0.25, 0.3) is 5.91 Å². The Balaban J connectivity index is 1.54. The molecule has 0 radical (unpaired) electrons. The van der Waals surface area contributed by atoms with Crippen molar-refractivity contribution in [3.63, 3.8) is 0 Å². The average Bonchev–Trinajstić information content (AvgIpc) is 2.77. The standard InChI is InChI=1S/C24H30N2O3/c1-2-16-29-22-11-7-6-10-21(22)26-24(28)20-14-12-18(13-15-20)17-25-23(27)19-8-4-3-5-9-19/h6-7,10-15,19H,2-5,8-9,16-17H2,1H3,(H,25,27)(H,26,28). The van der Waals surface area contributed by atoms with Crippen molar-refractivity contribution in [1.82, 2.24) is 5.32 Å². The maximum absolute atomic E-state index is 12.6. The molecule has 5 nitrogen and oxygen atoms in total. The molecule has 1 fully saturated rings. The fourth-order valence-corrected chi connectivity index (χ4v) is 3.57. The lowest BCUT2D eigenvalue weighted by Crippen LogP contribution is -2.31. The Labute approximate surface area is 172 Å². The molecule has 1 aliphatic carbocycles. The normalized spacial score (nSPS) is 14.2. The predicted octanol–water partition coefficient (Wildman–Crippen LogP) is 4.92. The van der Waals surface area contributed by atoms with Gasteiger partial charge in [-0.3, -0.25) is 9.59 Å². The van der Waals surface area contributed by atoms with Crippen LogP contribution < -0.4 is 15.4 Å². The Hall–Kier alpha value is -2.82. The van der Waals surface area contributed by atoms with Crippen LogP contribution in [0.4, 0.5) is 5.69 Å². The fraction of sp³-hybridized carbons (Fsp3) is 0.417. The van der Waals surface area contributed by atoms with Crippen molar-refractivity contribution in [3.8, 4) is 5.75 Å². The predicted molar refractivity (Wildman–Crippen MR) is 115 cm³/mol. The van der Waals surface area contributed by atoms with E-state index in [0.717, 1.165) is 37.7 Å². The first-order valence-corrected chi connectivity index (χ1v) is 10.6. The summed E-state index contributed by atoms with van der Waals surface area (Å²) < 4.78 is 5.69. The molecule has 2 amide bonds. The van der Waals surface area contributed by atoms with Crippen molar-refractivity contribution in [2.75, 3.05) is 11.9 Å². The van der Waals surface area contributed by atoms with Gasteiger partial charge in [-0.1, -0.05) is 50.5 Å². The highest BCUT2D eigenvalue weighted by Gasteiger charge is 2.20. The summed E-state index contributed by atoms with van der Waals surface area (Å²) in [5.74, 6) is 0.791. The van der Waals surface area contributed by atoms with Gasteiger partial charge in [0.1, 0.15) is 5.75 Å². The third-order valence-electron chi connectivity index (χ3n) is 5.26. The molecule has 0 spiro atoms. The second-order valence-electron chi connectivity index (χ2n) is 7.55. The van der Waals surface area contributed by atoms with Crippen LogP contribution in [-0.2, 0) is 11.3 Å². The number of rotatable bonds is 8. The van der Waals surface area contributed by atoms with E-state index in [1.165, 1.54) is 6.42 Å². The van der Waals surface area contributed by atoms with Crippen LogP contribution in [0.15, 0.2) is 48.5 Å². The first-order chi connectivity index (χ1) is 14.2. The van der Waals surface area contributed by atoms with Crippen LogP contribution in [0.5, 0.6) is 5.75 Å². The van der Waals surface area contributed by atoms with E-state index >= 15 is 0 Å². The molecule has 0 saturated heterocycles. The second-order valence-corrected chi connectivity index (χ2v) is 7.55. The van der Waals surface area contributed by atoms with E-state index in [-0.39, 0.29) is 17.7 Å². The highest BCUT2D eigenvalue weighted by Crippen LogP contribution is 2.25. The Morgan fingerprint density at radius 1 is 1.00 bits per heavy atom. The van der Waals surface area contributed by atoms with Gasteiger partial charge in [-0.05, 0) is 49.1 Å². The molecule has 3 rings (SSSR count). The maximum atomic E-state index is 12.6. The SMILES string of the molecule is CCCOc1ccccc1NC(=O)c1ccc(CNC(=O)C2CCCCC2)cc1. The van der Waals surface area contributed by atoms with E-state index in [0.29, 0.717) is 30.2 Å². The quantitative estimate of drug-likeness (QED) is 0.667. The van der Waals surface area contributed by atoms with Gasteiger partial charge in [-0.15, -0.1) is 0 Å². The summed E-state index contributed by atoms with van der Waals surface area (Å²) in [5.41, 5.74) is 2.21. The van der Waals surface area contributed by atoms with Crippen molar-refractivity contribution in [2.24, 2.45) is 5.92 Å². The molecular weight excluding hydrogens is 364 g/mol. The smallest absolute Gasteiger partial charge is 0.255 e. The zero-order valence-electron chi connectivity index (χ0n) is 17.1. The van der Waals surface area contributed by atoms with Crippen LogP contribution in [0.1, 0.15) is 61.4 Å². The summed E-state index contributed by atoms with van der Waals surface area (Å²) in [6.45, 7) is 3.14. The van der Waals surface area contributed by atoms with Gasteiger partial charge >= 0.3 is 0 Å². The molecular formula is C24H30N2O3. The number of carbonyl (C=O) groups excluding carboxylic acids is 2. The summed E-state index contributed by atoms with van der Waals surface area (Å²) >= 11 is 0. The molecule has 0 aliphatic heterocycles. The number of ether oxygens (including phenoxy) is 1. The van der Waals surface area contributed by atoms with Crippen LogP contribution in [0.3, 0.4) is 0 Å². The summed E-state index contributed by atoms with van der Waals surface area (Å²) in [4.78, 5) is 24.9. The van der Waals surface area contributed by atoms with Gasteiger partial charge in [-0.25, -0.2) is 0 Å². The Morgan fingerprint density at radius 2 is 1.72 bits per heavy atom. The molecule has 2 aromatic carbocycles. The molecule has 29 heavy (non-hydrogen) atoms. The van der Waals surface area contributed by atoms with Crippen LogP contribution in [0.25, 0.3) is 0 Å². The molecule has 0 bridgehead atoms. The minimum absolute atomic E-state index is 0.148. The number of nitrogens with one attached hydrogen (secondary N) is 2. The molecule has 2 aromatic rings. The lowest BCUT2D eigenvalue weighted by Gasteiger charge is -2.20. The molecule has 0 heterocycles. The number of anilines is 1. The number of hydrogen-bond acceptors (Lipinski definition) is 3. The lowest BCUT2D eigenvalue weighted by molar-refractivity contribution is -0.126. The summed E-state index contributed by atoms with van der Waals surface area (Å²) in [7, 11) is 0. The molecule has 2 N–H and O–H groups in total. The minimum Gasteiger partial charge on any atom is -0.491 e. The zero-order chi connectivity index (χ0) is 20.5.